The highest BCUT2D eigenvalue weighted by molar-refractivity contribution is 9.10. The van der Waals surface area contributed by atoms with Crippen molar-refractivity contribution < 1.29 is 0 Å². The molecule has 0 bridgehead atoms. The summed E-state index contributed by atoms with van der Waals surface area (Å²) >= 11 is 3.52. The number of aryl methyl sites for hydroxylation is 2. The van der Waals surface area contributed by atoms with Gasteiger partial charge in [-0.05, 0) is 47.5 Å². The van der Waals surface area contributed by atoms with Gasteiger partial charge in [-0.1, -0.05) is 6.07 Å². The lowest BCUT2D eigenvalue weighted by molar-refractivity contribution is 0.826. The van der Waals surface area contributed by atoms with Crippen molar-refractivity contribution in [2.75, 3.05) is 0 Å². The quantitative estimate of drug-likeness (QED) is 0.917. The average Bonchev–Trinajstić information content (AvgIpc) is 2.57. The van der Waals surface area contributed by atoms with Gasteiger partial charge in [0.2, 0.25) is 0 Å². The maximum atomic E-state index is 5.59. The summed E-state index contributed by atoms with van der Waals surface area (Å²) in [5, 5.41) is 4.34. The van der Waals surface area contributed by atoms with E-state index in [1.54, 1.807) is 0 Å². The molecule has 0 fully saturated rings. The van der Waals surface area contributed by atoms with Gasteiger partial charge in [-0.25, -0.2) is 9.67 Å². The number of hydrogen-bond donors (Lipinski definition) is 1. The van der Waals surface area contributed by atoms with Gasteiger partial charge in [0.05, 0.1) is 5.69 Å². The van der Waals surface area contributed by atoms with Gasteiger partial charge in [0.15, 0.2) is 0 Å². The summed E-state index contributed by atoms with van der Waals surface area (Å²) in [6, 6.07) is 6.00. The summed E-state index contributed by atoms with van der Waals surface area (Å²) in [5.41, 5.74) is 7.66. The zero-order chi connectivity index (χ0) is 11.7. The Morgan fingerprint density at radius 3 is 2.62 bits per heavy atom. The molecule has 0 saturated carbocycles. The van der Waals surface area contributed by atoms with Crippen LogP contribution in [0.3, 0.4) is 0 Å². The van der Waals surface area contributed by atoms with E-state index in [1.165, 1.54) is 0 Å². The lowest BCUT2D eigenvalue weighted by Crippen LogP contribution is -2.02. The van der Waals surface area contributed by atoms with Crippen LogP contribution in [0.4, 0.5) is 0 Å². The van der Waals surface area contributed by atoms with Gasteiger partial charge < -0.3 is 5.73 Å². The molecule has 2 rings (SSSR count). The first-order chi connectivity index (χ1) is 7.61. The Morgan fingerprint density at radius 1 is 1.38 bits per heavy atom. The summed E-state index contributed by atoms with van der Waals surface area (Å²) < 4.78 is 2.79. The van der Waals surface area contributed by atoms with Crippen molar-refractivity contribution in [3.8, 4) is 5.69 Å². The molecule has 0 amide bonds. The van der Waals surface area contributed by atoms with Crippen LogP contribution >= 0.6 is 15.9 Å². The second-order valence-electron chi connectivity index (χ2n) is 3.61. The van der Waals surface area contributed by atoms with Crippen molar-refractivity contribution >= 4 is 15.9 Å². The fraction of sp³-hybridized carbons (Fsp3) is 0.273. The second-order valence-corrected chi connectivity index (χ2v) is 4.46. The molecule has 1 aromatic heterocycles. The number of halogens is 1. The number of hydrogen-bond acceptors (Lipinski definition) is 3. The van der Waals surface area contributed by atoms with Crippen LogP contribution in [0, 0.1) is 13.8 Å². The highest BCUT2D eigenvalue weighted by Gasteiger charge is 2.08. The van der Waals surface area contributed by atoms with E-state index in [2.05, 4.69) is 26.0 Å². The van der Waals surface area contributed by atoms with Gasteiger partial charge in [-0.2, -0.15) is 5.10 Å². The number of rotatable bonds is 2. The fourth-order valence-corrected chi connectivity index (χ4v) is 2.19. The minimum Gasteiger partial charge on any atom is -0.326 e. The molecule has 0 saturated heterocycles. The lowest BCUT2D eigenvalue weighted by Gasteiger charge is -2.07. The van der Waals surface area contributed by atoms with E-state index in [-0.39, 0.29) is 0 Å². The molecule has 0 aliphatic heterocycles. The third kappa shape index (κ3) is 2.01. The summed E-state index contributed by atoms with van der Waals surface area (Å²) in [4.78, 5) is 4.28. The standard InChI is InChI=1S/C11H13BrN4/c1-7-14-8(2)16(15-7)11-4-3-9(6-13)5-10(11)12/h3-5H,6,13H2,1-2H3. The maximum Gasteiger partial charge on any atom is 0.148 e. The molecular weight excluding hydrogens is 268 g/mol. The number of aromatic nitrogens is 3. The zero-order valence-corrected chi connectivity index (χ0v) is 10.8. The smallest absolute Gasteiger partial charge is 0.148 e. The molecule has 16 heavy (non-hydrogen) atoms. The minimum absolute atomic E-state index is 0.536. The highest BCUT2D eigenvalue weighted by atomic mass is 79.9. The van der Waals surface area contributed by atoms with E-state index < -0.39 is 0 Å². The van der Waals surface area contributed by atoms with E-state index in [4.69, 9.17) is 5.73 Å². The van der Waals surface area contributed by atoms with Gasteiger partial charge >= 0.3 is 0 Å². The van der Waals surface area contributed by atoms with Crippen molar-refractivity contribution in [3.63, 3.8) is 0 Å². The molecule has 2 aromatic rings. The Balaban J connectivity index is 2.52. The Kier molecular flexibility index (Phi) is 3.07. The van der Waals surface area contributed by atoms with Gasteiger partial charge in [0, 0.05) is 11.0 Å². The maximum absolute atomic E-state index is 5.59. The van der Waals surface area contributed by atoms with Crippen LogP contribution in [0.2, 0.25) is 0 Å². The van der Waals surface area contributed by atoms with Gasteiger partial charge in [-0.15, -0.1) is 0 Å². The van der Waals surface area contributed by atoms with Gasteiger partial charge in [0.1, 0.15) is 11.6 Å². The van der Waals surface area contributed by atoms with E-state index >= 15 is 0 Å². The number of benzene rings is 1. The molecule has 5 heteroatoms. The van der Waals surface area contributed by atoms with Crippen molar-refractivity contribution in [3.05, 3.63) is 39.9 Å². The molecule has 0 spiro atoms. The van der Waals surface area contributed by atoms with Crippen LogP contribution in [0.25, 0.3) is 5.69 Å². The molecule has 0 radical (unpaired) electrons. The molecule has 0 atom stereocenters. The molecule has 4 nitrogen and oxygen atoms in total. The number of nitrogens with two attached hydrogens (primary N) is 1. The van der Waals surface area contributed by atoms with Gasteiger partial charge in [0.25, 0.3) is 0 Å². The fourth-order valence-electron chi connectivity index (χ4n) is 1.60. The normalized spacial score (nSPS) is 10.8. The largest absolute Gasteiger partial charge is 0.326 e. The second kappa shape index (κ2) is 4.35. The lowest BCUT2D eigenvalue weighted by atomic mass is 10.2. The number of nitrogens with zero attached hydrogens (tertiary/aromatic N) is 3. The third-order valence-electron chi connectivity index (χ3n) is 2.35. The van der Waals surface area contributed by atoms with Crippen LogP contribution in [0.15, 0.2) is 22.7 Å². The van der Waals surface area contributed by atoms with E-state index in [0.29, 0.717) is 6.54 Å². The van der Waals surface area contributed by atoms with Gasteiger partial charge in [-0.3, -0.25) is 0 Å². The van der Waals surface area contributed by atoms with E-state index in [9.17, 15) is 0 Å². The first-order valence-corrected chi connectivity index (χ1v) is 5.80. The Labute approximate surface area is 103 Å². The van der Waals surface area contributed by atoms with Crippen LogP contribution in [0.5, 0.6) is 0 Å². The zero-order valence-electron chi connectivity index (χ0n) is 9.24. The van der Waals surface area contributed by atoms with Crippen molar-refractivity contribution in [1.29, 1.82) is 0 Å². The molecule has 2 N–H and O–H groups in total. The Bertz CT molecular complexity index is 519. The predicted octanol–water partition coefficient (Wildman–Crippen LogP) is 2.11. The molecule has 1 aromatic carbocycles. The van der Waals surface area contributed by atoms with Crippen molar-refractivity contribution in [1.82, 2.24) is 14.8 Å². The monoisotopic (exact) mass is 280 g/mol. The van der Waals surface area contributed by atoms with Crippen LogP contribution in [0.1, 0.15) is 17.2 Å². The van der Waals surface area contributed by atoms with E-state index in [0.717, 1.165) is 27.4 Å². The van der Waals surface area contributed by atoms with Crippen molar-refractivity contribution in [2.45, 2.75) is 20.4 Å². The topological polar surface area (TPSA) is 56.7 Å². The molecule has 84 valence electrons. The van der Waals surface area contributed by atoms with Crippen molar-refractivity contribution in [2.24, 2.45) is 5.73 Å². The minimum atomic E-state index is 0.536. The predicted molar refractivity (Wildman–Crippen MR) is 66.4 cm³/mol. The molecule has 1 heterocycles. The summed E-state index contributed by atoms with van der Waals surface area (Å²) in [6.07, 6.45) is 0. The third-order valence-corrected chi connectivity index (χ3v) is 2.99. The Morgan fingerprint density at radius 2 is 2.12 bits per heavy atom. The SMILES string of the molecule is Cc1nc(C)n(-c2ccc(CN)cc2Br)n1. The highest BCUT2D eigenvalue weighted by Crippen LogP contribution is 2.22. The first-order valence-electron chi connectivity index (χ1n) is 5.01. The van der Waals surface area contributed by atoms with E-state index in [1.807, 2.05) is 36.7 Å². The van der Waals surface area contributed by atoms with Crippen LogP contribution < -0.4 is 5.73 Å². The van der Waals surface area contributed by atoms with Crippen LogP contribution in [-0.2, 0) is 6.54 Å². The first kappa shape index (κ1) is 11.3. The molecular formula is C11H13BrN4. The van der Waals surface area contributed by atoms with Crippen LogP contribution in [-0.4, -0.2) is 14.8 Å². The summed E-state index contributed by atoms with van der Waals surface area (Å²) in [7, 11) is 0. The molecule has 0 unspecified atom stereocenters. The molecule has 0 aliphatic carbocycles. The summed E-state index contributed by atoms with van der Waals surface area (Å²) in [5.74, 6) is 1.64. The molecule has 0 aliphatic rings. The average molecular weight is 281 g/mol. The Hall–Kier alpha value is -1.20. The summed E-state index contributed by atoms with van der Waals surface area (Å²) in [6.45, 7) is 4.35.